The standard InChI is InChI=1S/C17H28N2O/c1-4-5-6-7-10-19-13-14(2)18-12-15-8-9-16(20-3)11-17(15)19/h8-9,11,14,18H,4-7,10,12-13H2,1-3H3. The molecule has 0 spiro atoms. The van der Waals surface area contributed by atoms with Crippen LogP contribution in [0.4, 0.5) is 5.69 Å². The van der Waals surface area contributed by atoms with Crippen LogP contribution in [0.2, 0.25) is 0 Å². The molecule has 112 valence electrons. The largest absolute Gasteiger partial charge is 0.497 e. The average Bonchev–Trinajstić information content (AvgIpc) is 2.63. The summed E-state index contributed by atoms with van der Waals surface area (Å²) in [6.45, 7) is 7.70. The van der Waals surface area contributed by atoms with E-state index in [4.69, 9.17) is 4.74 Å². The molecule has 0 radical (unpaired) electrons. The number of hydrogen-bond acceptors (Lipinski definition) is 3. The molecule has 1 heterocycles. The van der Waals surface area contributed by atoms with E-state index in [0.717, 1.165) is 25.4 Å². The summed E-state index contributed by atoms with van der Waals surface area (Å²) in [6.07, 6.45) is 5.24. The lowest BCUT2D eigenvalue weighted by Gasteiger charge is -2.27. The van der Waals surface area contributed by atoms with Crippen LogP contribution < -0.4 is 15.0 Å². The van der Waals surface area contributed by atoms with Gasteiger partial charge < -0.3 is 15.0 Å². The van der Waals surface area contributed by atoms with Crippen molar-refractivity contribution in [3.8, 4) is 5.75 Å². The SMILES string of the molecule is CCCCCCN1CC(C)NCc2ccc(OC)cc21. The Morgan fingerprint density at radius 2 is 2.15 bits per heavy atom. The molecule has 3 heteroatoms. The zero-order chi connectivity index (χ0) is 14.4. The van der Waals surface area contributed by atoms with Crippen molar-refractivity contribution in [1.29, 1.82) is 0 Å². The molecule has 1 aromatic carbocycles. The van der Waals surface area contributed by atoms with Gasteiger partial charge in [0, 0.05) is 37.4 Å². The Hall–Kier alpha value is -1.22. The number of nitrogens with one attached hydrogen (secondary N) is 1. The molecule has 0 saturated carbocycles. The minimum absolute atomic E-state index is 0.527. The first kappa shape index (κ1) is 15.2. The molecule has 20 heavy (non-hydrogen) atoms. The van der Waals surface area contributed by atoms with Crippen LogP contribution in [0.15, 0.2) is 18.2 Å². The van der Waals surface area contributed by atoms with Crippen molar-refractivity contribution in [3.05, 3.63) is 23.8 Å². The third-order valence-corrected chi connectivity index (χ3v) is 4.05. The van der Waals surface area contributed by atoms with E-state index >= 15 is 0 Å². The fraction of sp³-hybridized carbons (Fsp3) is 0.647. The first-order valence-electron chi connectivity index (χ1n) is 7.89. The molecule has 0 saturated heterocycles. The summed E-state index contributed by atoms with van der Waals surface area (Å²) in [5.41, 5.74) is 2.73. The second-order valence-corrected chi connectivity index (χ2v) is 5.78. The van der Waals surface area contributed by atoms with Crippen LogP contribution in [0.5, 0.6) is 5.75 Å². The van der Waals surface area contributed by atoms with Gasteiger partial charge in [0.25, 0.3) is 0 Å². The van der Waals surface area contributed by atoms with Gasteiger partial charge in [-0.15, -0.1) is 0 Å². The van der Waals surface area contributed by atoms with Gasteiger partial charge in [0.15, 0.2) is 0 Å². The highest BCUT2D eigenvalue weighted by molar-refractivity contribution is 5.58. The van der Waals surface area contributed by atoms with E-state index < -0.39 is 0 Å². The molecule has 1 aliphatic rings. The Bertz CT molecular complexity index is 419. The first-order valence-corrected chi connectivity index (χ1v) is 7.89. The van der Waals surface area contributed by atoms with E-state index in [1.807, 2.05) is 0 Å². The average molecular weight is 276 g/mol. The van der Waals surface area contributed by atoms with Crippen molar-refractivity contribution in [2.24, 2.45) is 0 Å². The van der Waals surface area contributed by atoms with E-state index in [9.17, 15) is 0 Å². The number of nitrogens with zero attached hydrogens (tertiary/aromatic N) is 1. The number of hydrogen-bond donors (Lipinski definition) is 1. The molecule has 0 aromatic heterocycles. The summed E-state index contributed by atoms with van der Waals surface area (Å²) in [7, 11) is 1.74. The molecule has 1 atom stereocenters. The highest BCUT2D eigenvalue weighted by Gasteiger charge is 2.19. The molecular formula is C17H28N2O. The van der Waals surface area contributed by atoms with Crippen molar-refractivity contribution in [2.45, 2.75) is 52.1 Å². The fourth-order valence-electron chi connectivity index (χ4n) is 2.83. The van der Waals surface area contributed by atoms with E-state index in [-0.39, 0.29) is 0 Å². The zero-order valence-electron chi connectivity index (χ0n) is 13.1. The van der Waals surface area contributed by atoms with Crippen molar-refractivity contribution >= 4 is 5.69 Å². The summed E-state index contributed by atoms with van der Waals surface area (Å²) >= 11 is 0. The maximum atomic E-state index is 5.39. The second kappa shape index (κ2) is 7.53. The van der Waals surface area contributed by atoms with Gasteiger partial charge in [-0.1, -0.05) is 32.3 Å². The minimum atomic E-state index is 0.527. The van der Waals surface area contributed by atoms with Crippen molar-refractivity contribution in [1.82, 2.24) is 5.32 Å². The Morgan fingerprint density at radius 3 is 2.90 bits per heavy atom. The highest BCUT2D eigenvalue weighted by atomic mass is 16.5. The van der Waals surface area contributed by atoms with Gasteiger partial charge in [0.2, 0.25) is 0 Å². The minimum Gasteiger partial charge on any atom is -0.497 e. The number of ether oxygens (including phenoxy) is 1. The summed E-state index contributed by atoms with van der Waals surface area (Å²) in [4.78, 5) is 2.53. The van der Waals surface area contributed by atoms with E-state index in [1.54, 1.807) is 7.11 Å². The predicted molar refractivity (Wildman–Crippen MR) is 85.7 cm³/mol. The van der Waals surface area contributed by atoms with E-state index in [2.05, 4.69) is 42.3 Å². The lowest BCUT2D eigenvalue weighted by atomic mass is 10.1. The lowest BCUT2D eigenvalue weighted by Crippen LogP contribution is -2.36. The van der Waals surface area contributed by atoms with Crippen molar-refractivity contribution in [3.63, 3.8) is 0 Å². The highest BCUT2D eigenvalue weighted by Crippen LogP contribution is 2.28. The molecule has 2 rings (SSSR count). The molecule has 1 unspecified atom stereocenters. The molecule has 0 fully saturated rings. The van der Waals surface area contributed by atoms with Gasteiger partial charge in [0.05, 0.1) is 7.11 Å². The summed E-state index contributed by atoms with van der Waals surface area (Å²) in [5, 5.41) is 3.59. The number of methoxy groups -OCH3 is 1. The van der Waals surface area contributed by atoms with Crippen LogP contribution in [0, 0.1) is 0 Å². The molecule has 1 aliphatic heterocycles. The number of unbranched alkanes of at least 4 members (excludes halogenated alkanes) is 3. The number of benzene rings is 1. The quantitative estimate of drug-likeness (QED) is 0.804. The van der Waals surface area contributed by atoms with E-state index in [1.165, 1.54) is 36.9 Å². The zero-order valence-corrected chi connectivity index (χ0v) is 13.1. The number of fused-ring (bicyclic) bond motifs is 1. The van der Waals surface area contributed by atoms with Crippen LogP contribution in [0.25, 0.3) is 0 Å². The Morgan fingerprint density at radius 1 is 1.30 bits per heavy atom. The molecule has 0 amide bonds. The molecule has 0 aliphatic carbocycles. The predicted octanol–water partition coefficient (Wildman–Crippen LogP) is 3.57. The molecule has 1 aromatic rings. The van der Waals surface area contributed by atoms with Crippen LogP contribution in [0.1, 0.15) is 45.1 Å². The second-order valence-electron chi connectivity index (χ2n) is 5.78. The third kappa shape index (κ3) is 3.89. The van der Waals surface area contributed by atoms with Crippen LogP contribution in [-0.2, 0) is 6.54 Å². The summed E-state index contributed by atoms with van der Waals surface area (Å²) < 4.78 is 5.39. The van der Waals surface area contributed by atoms with Gasteiger partial charge in [-0.3, -0.25) is 0 Å². The summed E-state index contributed by atoms with van der Waals surface area (Å²) in [6, 6.07) is 6.97. The maximum Gasteiger partial charge on any atom is 0.120 e. The first-order chi connectivity index (χ1) is 9.74. The molecule has 1 N–H and O–H groups in total. The van der Waals surface area contributed by atoms with Crippen LogP contribution in [0.3, 0.4) is 0 Å². The van der Waals surface area contributed by atoms with Crippen LogP contribution in [-0.4, -0.2) is 26.2 Å². The van der Waals surface area contributed by atoms with Gasteiger partial charge >= 0.3 is 0 Å². The number of anilines is 1. The normalized spacial score (nSPS) is 18.6. The molecular weight excluding hydrogens is 248 g/mol. The third-order valence-electron chi connectivity index (χ3n) is 4.05. The van der Waals surface area contributed by atoms with Gasteiger partial charge in [-0.2, -0.15) is 0 Å². The molecule has 3 nitrogen and oxygen atoms in total. The fourth-order valence-corrected chi connectivity index (χ4v) is 2.83. The Kier molecular flexibility index (Phi) is 5.72. The van der Waals surface area contributed by atoms with E-state index in [0.29, 0.717) is 6.04 Å². The Balaban J connectivity index is 2.12. The summed E-state index contributed by atoms with van der Waals surface area (Å²) in [5.74, 6) is 0.955. The van der Waals surface area contributed by atoms with Crippen LogP contribution >= 0.6 is 0 Å². The number of rotatable bonds is 6. The smallest absolute Gasteiger partial charge is 0.120 e. The van der Waals surface area contributed by atoms with Crippen molar-refractivity contribution < 1.29 is 4.74 Å². The van der Waals surface area contributed by atoms with Gasteiger partial charge in [-0.25, -0.2) is 0 Å². The lowest BCUT2D eigenvalue weighted by molar-refractivity contribution is 0.414. The van der Waals surface area contributed by atoms with Crippen molar-refractivity contribution in [2.75, 3.05) is 25.1 Å². The topological polar surface area (TPSA) is 24.5 Å². The van der Waals surface area contributed by atoms with Gasteiger partial charge in [0.1, 0.15) is 5.75 Å². The Labute approximate surface area is 123 Å². The molecule has 0 bridgehead atoms. The maximum absolute atomic E-state index is 5.39. The monoisotopic (exact) mass is 276 g/mol. The van der Waals surface area contributed by atoms with Gasteiger partial charge in [-0.05, 0) is 25.0 Å².